The van der Waals surface area contributed by atoms with E-state index in [1.54, 1.807) is 96.4 Å². The lowest BCUT2D eigenvalue weighted by Gasteiger charge is -2.27. The van der Waals surface area contributed by atoms with Crippen LogP contribution in [0.5, 0.6) is 0 Å². The van der Waals surface area contributed by atoms with Crippen molar-refractivity contribution in [1.29, 1.82) is 0 Å². The minimum atomic E-state index is -0.771. The van der Waals surface area contributed by atoms with Crippen LogP contribution in [0.15, 0.2) is 24.8 Å². The second kappa shape index (κ2) is 23.0. The van der Waals surface area contributed by atoms with Crippen molar-refractivity contribution in [3.8, 4) is 0 Å². The van der Waals surface area contributed by atoms with Crippen molar-refractivity contribution in [2.45, 2.75) is 157 Å². The fraction of sp³-hybridized carbons (Fsp3) is 0.725. The second-order valence-electron chi connectivity index (χ2n) is 16.3. The highest BCUT2D eigenvalue weighted by atomic mass is 16.6. The lowest BCUT2D eigenvalue weighted by atomic mass is 10.1. The summed E-state index contributed by atoms with van der Waals surface area (Å²) in [5.41, 5.74) is -1.54. The molecule has 0 aromatic carbocycles. The normalized spacial score (nSPS) is 11.9. The first kappa shape index (κ1) is 46.9. The summed E-state index contributed by atoms with van der Waals surface area (Å²) in [6.45, 7) is 16.5. The summed E-state index contributed by atoms with van der Waals surface area (Å²) in [5.74, 6) is -1.20. The minimum Gasteiger partial charge on any atom is -0.462 e. The van der Waals surface area contributed by atoms with Crippen LogP contribution in [0.1, 0.15) is 125 Å². The van der Waals surface area contributed by atoms with E-state index in [1.165, 1.54) is 37.0 Å². The molecule has 0 aliphatic heterocycles. The van der Waals surface area contributed by atoms with E-state index in [4.69, 9.17) is 14.2 Å². The van der Waals surface area contributed by atoms with Gasteiger partial charge < -0.3 is 33.1 Å². The molecule has 310 valence electrons. The van der Waals surface area contributed by atoms with E-state index in [0.717, 1.165) is 30.7 Å². The van der Waals surface area contributed by atoms with Crippen LogP contribution >= 0.6 is 0 Å². The Balaban J connectivity index is 2.24. The quantitative estimate of drug-likeness (QED) is 0.0790. The molecule has 15 heteroatoms. The number of esters is 3. The van der Waals surface area contributed by atoms with E-state index in [9.17, 15) is 24.0 Å². The summed E-state index contributed by atoms with van der Waals surface area (Å²) in [6, 6.07) is 0. The molecule has 0 N–H and O–H groups in total. The number of likely N-dealkylation sites (N-methyl/N-ethyl adjacent to an activating group) is 1. The SMILES string of the molecule is CCCCCCCCCCN(Cc1nccn1CC(=O)N(C)CC(=O)OC(C)C)Cc1nccn1CC(=O)N(CC(=O)OC(C)(C)C)CC(=O)OC(C)(C)C. The summed E-state index contributed by atoms with van der Waals surface area (Å²) >= 11 is 0. The van der Waals surface area contributed by atoms with Gasteiger partial charge in [-0.1, -0.05) is 51.9 Å². The number of aromatic nitrogens is 4. The summed E-state index contributed by atoms with van der Waals surface area (Å²) in [7, 11) is 1.57. The van der Waals surface area contributed by atoms with Gasteiger partial charge in [-0.3, -0.25) is 28.9 Å². The van der Waals surface area contributed by atoms with E-state index in [1.807, 2.05) is 0 Å². The Bertz CT molecular complexity index is 1470. The number of imidazole rings is 2. The van der Waals surface area contributed by atoms with E-state index >= 15 is 0 Å². The number of rotatable bonds is 24. The topological polar surface area (TPSA) is 158 Å². The van der Waals surface area contributed by atoms with Crippen LogP contribution in [-0.4, -0.2) is 114 Å². The van der Waals surface area contributed by atoms with Crippen LogP contribution in [0, 0.1) is 0 Å². The third-order valence-electron chi connectivity index (χ3n) is 8.26. The Labute approximate surface area is 328 Å². The first-order chi connectivity index (χ1) is 25.8. The molecule has 0 atom stereocenters. The molecular weight excluding hydrogens is 706 g/mol. The summed E-state index contributed by atoms with van der Waals surface area (Å²) in [4.78, 5) is 78.4. The molecule has 55 heavy (non-hydrogen) atoms. The highest BCUT2D eigenvalue weighted by Gasteiger charge is 2.27. The predicted octanol–water partition coefficient (Wildman–Crippen LogP) is 5.14. The molecule has 2 rings (SSSR count). The molecule has 2 heterocycles. The highest BCUT2D eigenvalue weighted by Crippen LogP contribution is 2.15. The number of unbranched alkanes of at least 4 members (excludes halogenated alkanes) is 7. The van der Waals surface area contributed by atoms with Gasteiger partial charge in [0.1, 0.15) is 55.6 Å². The molecule has 0 spiro atoms. The van der Waals surface area contributed by atoms with Crippen molar-refractivity contribution in [3.63, 3.8) is 0 Å². The number of hydrogen-bond acceptors (Lipinski definition) is 11. The summed E-state index contributed by atoms with van der Waals surface area (Å²) in [5, 5.41) is 0. The lowest BCUT2D eigenvalue weighted by Crippen LogP contribution is -2.44. The maximum Gasteiger partial charge on any atom is 0.326 e. The Kier molecular flexibility index (Phi) is 19.6. The van der Waals surface area contributed by atoms with Gasteiger partial charge in [0.25, 0.3) is 0 Å². The largest absolute Gasteiger partial charge is 0.462 e. The molecule has 0 fully saturated rings. The zero-order valence-corrected chi connectivity index (χ0v) is 35.1. The van der Waals surface area contributed by atoms with Gasteiger partial charge in [0.05, 0.1) is 19.2 Å². The monoisotopic (exact) mass is 774 g/mol. The van der Waals surface area contributed by atoms with Gasteiger partial charge in [-0.2, -0.15) is 0 Å². The zero-order chi connectivity index (χ0) is 41.2. The maximum absolute atomic E-state index is 13.7. The third kappa shape index (κ3) is 19.8. The average Bonchev–Trinajstić information content (AvgIpc) is 3.68. The van der Waals surface area contributed by atoms with Crippen molar-refractivity contribution in [2.24, 2.45) is 0 Å². The van der Waals surface area contributed by atoms with Gasteiger partial charge >= 0.3 is 17.9 Å². The molecule has 2 aromatic rings. The first-order valence-corrected chi connectivity index (χ1v) is 19.6. The first-order valence-electron chi connectivity index (χ1n) is 19.6. The number of ether oxygens (including phenoxy) is 3. The fourth-order valence-corrected chi connectivity index (χ4v) is 5.74. The van der Waals surface area contributed by atoms with Crippen molar-refractivity contribution in [2.75, 3.05) is 33.2 Å². The van der Waals surface area contributed by atoms with Crippen LogP contribution < -0.4 is 0 Å². The van der Waals surface area contributed by atoms with E-state index in [0.29, 0.717) is 24.7 Å². The van der Waals surface area contributed by atoms with E-state index in [2.05, 4.69) is 21.8 Å². The van der Waals surface area contributed by atoms with Crippen LogP contribution in [0.2, 0.25) is 0 Å². The van der Waals surface area contributed by atoms with Gasteiger partial charge in [0.15, 0.2) is 0 Å². The molecule has 0 radical (unpaired) electrons. The van der Waals surface area contributed by atoms with Crippen LogP contribution in [0.4, 0.5) is 0 Å². The third-order valence-corrected chi connectivity index (χ3v) is 8.26. The van der Waals surface area contributed by atoms with Gasteiger partial charge in [-0.15, -0.1) is 0 Å². The smallest absolute Gasteiger partial charge is 0.326 e. The number of carbonyl (C=O) groups excluding carboxylic acids is 5. The molecule has 15 nitrogen and oxygen atoms in total. The number of hydrogen-bond donors (Lipinski definition) is 0. The molecule has 0 aliphatic rings. The zero-order valence-electron chi connectivity index (χ0n) is 35.1. The molecule has 0 aliphatic carbocycles. The molecule has 0 unspecified atom stereocenters. The van der Waals surface area contributed by atoms with Gasteiger partial charge in [-0.25, -0.2) is 9.97 Å². The molecule has 0 bridgehead atoms. The second-order valence-corrected chi connectivity index (χ2v) is 16.3. The number of amides is 2. The lowest BCUT2D eigenvalue weighted by molar-refractivity contribution is -0.164. The summed E-state index contributed by atoms with van der Waals surface area (Å²) < 4.78 is 19.6. The van der Waals surface area contributed by atoms with Crippen molar-refractivity contribution in [3.05, 3.63) is 36.4 Å². The summed E-state index contributed by atoms with van der Waals surface area (Å²) in [6.07, 6.45) is 15.7. The fourth-order valence-electron chi connectivity index (χ4n) is 5.74. The van der Waals surface area contributed by atoms with E-state index in [-0.39, 0.29) is 31.6 Å². The minimum absolute atomic E-state index is 0.000647. The van der Waals surface area contributed by atoms with Crippen molar-refractivity contribution < 1.29 is 38.2 Å². The van der Waals surface area contributed by atoms with Crippen LogP contribution in [0.25, 0.3) is 0 Å². The predicted molar refractivity (Wildman–Crippen MR) is 208 cm³/mol. The molecule has 2 amide bonds. The van der Waals surface area contributed by atoms with Crippen molar-refractivity contribution in [1.82, 2.24) is 33.8 Å². The molecule has 2 aromatic heterocycles. The Morgan fingerprint density at radius 3 is 1.58 bits per heavy atom. The molecular formula is C40H67N7O8. The Morgan fingerprint density at radius 2 is 1.13 bits per heavy atom. The highest BCUT2D eigenvalue weighted by molar-refractivity contribution is 5.86. The van der Waals surface area contributed by atoms with E-state index < -0.39 is 48.1 Å². The van der Waals surface area contributed by atoms with Crippen LogP contribution in [-0.2, 0) is 64.4 Å². The van der Waals surface area contributed by atoms with Gasteiger partial charge in [-0.05, 0) is 68.4 Å². The molecule has 0 saturated carbocycles. The average molecular weight is 774 g/mol. The number of carbonyl (C=O) groups is 5. The maximum atomic E-state index is 13.7. The number of nitrogens with zero attached hydrogens (tertiary/aromatic N) is 7. The van der Waals surface area contributed by atoms with Gasteiger partial charge in [0.2, 0.25) is 11.8 Å². The Hall–Kier alpha value is -4.27. The standard InChI is InChI=1S/C40H67N7O8/c1-11-12-13-14-15-16-17-18-21-44(24-32-41-19-22-45(32)26-34(48)43(10)28-36(50)53-31(2)3)25-33-42-20-23-46(33)27-35(49)47(29-37(51)54-39(4,5)6)30-38(52)55-40(7,8)9/h19-20,22-23,31H,11-18,21,24-30H2,1-10H3. The van der Waals surface area contributed by atoms with Crippen LogP contribution in [0.3, 0.4) is 0 Å². The van der Waals surface area contributed by atoms with Gasteiger partial charge in [0, 0.05) is 31.8 Å². The Morgan fingerprint density at radius 1 is 0.673 bits per heavy atom. The van der Waals surface area contributed by atoms with Crippen molar-refractivity contribution >= 4 is 29.7 Å². The molecule has 0 saturated heterocycles.